The van der Waals surface area contributed by atoms with E-state index in [1.807, 2.05) is 24.3 Å². The number of amides is 3. The van der Waals surface area contributed by atoms with Crippen LogP contribution in [0.3, 0.4) is 0 Å². The highest BCUT2D eigenvalue weighted by Gasteiger charge is 2.41. The number of ether oxygens (including phenoxy) is 2. The molecule has 0 spiro atoms. The molecule has 1 heterocycles. The maximum atomic E-state index is 13.4. The topological polar surface area (TPSA) is 98.9 Å². The predicted molar refractivity (Wildman–Crippen MR) is 131 cm³/mol. The Morgan fingerprint density at radius 3 is 2.14 bits per heavy atom. The summed E-state index contributed by atoms with van der Waals surface area (Å²) in [5.41, 5.74) is 6.79. The quantitative estimate of drug-likeness (QED) is 0.499. The second kappa shape index (κ2) is 9.41. The van der Waals surface area contributed by atoms with Crippen LogP contribution in [0, 0.1) is 0 Å². The molecule has 35 heavy (non-hydrogen) atoms. The van der Waals surface area contributed by atoms with E-state index in [0.29, 0.717) is 28.2 Å². The van der Waals surface area contributed by atoms with Gasteiger partial charge in [0, 0.05) is 0 Å². The summed E-state index contributed by atoms with van der Waals surface area (Å²) in [5, 5.41) is 1.73. The molecule has 5 rings (SSSR count). The van der Waals surface area contributed by atoms with Crippen LogP contribution >= 0.6 is 0 Å². The fourth-order valence-corrected chi connectivity index (χ4v) is 5.13. The molecule has 3 aromatic carbocycles. The standard InChI is InChI=1S/C28H28N2O5/c1-34-25-15-19(11-12-24(25)35-20-9-3-2-4-10-20)23(16-26(29)31)30-27(32)21-13-17-7-5-6-8-18(17)14-22(21)28(30)33/h5-8,11-15,20,23H,2-4,9-10,16H2,1H3,(H2,29,31). The summed E-state index contributed by atoms with van der Waals surface area (Å²) >= 11 is 0. The van der Waals surface area contributed by atoms with Gasteiger partial charge in [0.1, 0.15) is 0 Å². The average Bonchev–Trinajstić information content (AvgIpc) is 3.11. The van der Waals surface area contributed by atoms with Crippen LogP contribution in [-0.4, -0.2) is 35.8 Å². The first-order valence-corrected chi connectivity index (χ1v) is 12.0. The van der Waals surface area contributed by atoms with Crippen molar-refractivity contribution in [3.63, 3.8) is 0 Å². The van der Waals surface area contributed by atoms with Gasteiger partial charge >= 0.3 is 0 Å². The van der Waals surface area contributed by atoms with Gasteiger partial charge in [0.15, 0.2) is 11.5 Å². The molecule has 2 N–H and O–H groups in total. The van der Waals surface area contributed by atoms with Crippen molar-refractivity contribution in [1.29, 1.82) is 0 Å². The molecule has 0 aromatic heterocycles. The number of carbonyl (C=O) groups excluding carboxylic acids is 3. The van der Waals surface area contributed by atoms with Crippen LogP contribution in [-0.2, 0) is 4.79 Å². The second-order valence-electron chi connectivity index (χ2n) is 9.20. The third-order valence-electron chi connectivity index (χ3n) is 6.91. The molecule has 0 bridgehead atoms. The Morgan fingerprint density at radius 2 is 1.57 bits per heavy atom. The van der Waals surface area contributed by atoms with Crippen molar-refractivity contribution >= 4 is 28.5 Å². The number of fused-ring (bicyclic) bond motifs is 2. The Hall–Kier alpha value is -3.87. The minimum Gasteiger partial charge on any atom is -0.493 e. The Labute approximate surface area is 203 Å². The Bertz CT molecular complexity index is 1260. The number of primary amides is 1. The molecule has 7 heteroatoms. The minimum absolute atomic E-state index is 0.135. The van der Waals surface area contributed by atoms with Crippen molar-refractivity contribution in [1.82, 2.24) is 4.90 Å². The van der Waals surface area contributed by atoms with Gasteiger partial charge in [0.05, 0.1) is 36.8 Å². The lowest BCUT2D eigenvalue weighted by Gasteiger charge is -2.27. The largest absolute Gasteiger partial charge is 0.493 e. The van der Waals surface area contributed by atoms with Gasteiger partial charge in [-0.2, -0.15) is 0 Å². The fraction of sp³-hybridized carbons (Fsp3) is 0.321. The van der Waals surface area contributed by atoms with Crippen molar-refractivity contribution in [3.8, 4) is 11.5 Å². The van der Waals surface area contributed by atoms with Crippen LogP contribution in [0.25, 0.3) is 10.8 Å². The first-order chi connectivity index (χ1) is 17.0. The third kappa shape index (κ3) is 4.34. The molecule has 1 atom stereocenters. The number of carbonyl (C=O) groups is 3. The van der Waals surface area contributed by atoms with Crippen LogP contribution in [0.4, 0.5) is 0 Å². The zero-order valence-electron chi connectivity index (χ0n) is 19.7. The summed E-state index contributed by atoms with van der Waals surface area (Å²) in [4.78, 5) is 40.0. The number of methoxy groups -OCH3 is 1. The number of nitrogens with zero attached hydrogens (tertiary/aromatic N) is 1. The van der Waals surface area contributed by atoms with E-state index in [1.54, 1.807) is 37.4 Å². The summed E-state index contributed by atoms with van der Waals surface area (Å²) < 4.78 is 11.8. The molecule has 2 aliphatic rings. The van der Waals surface area contributed by atoms with Crippen LogP contribution in [0.15, 0.2) is 54.6 Å². The van der Waals surface area contributed by atoms with Crippen molar-refractivity contribution < 1.29 is 23.9 Å². The summed E-state index contributed by atoms with van der Waals surface area (Å²) in [6, 6.07) is 15.4. The van der Waals surface area contributed by atoms with E-state index >= 15 is 0 Å². The van der Waals surface area contributed by atoms with Crippen molar-refractivity contribution in [2.45, 2.75) is 50.7 Å². The first-order valence-electron chi connectivity index (χ1n) is 12.0. The normalized spacial score (nSPS) is 16.9. The summed E-state index contributed by atoms with van der Waals surface area (Å²) in [6.45, 7) is 0. The maximum absolute atomic E-state index is 13.4. The molecule has 3 amide bonds. The maximum Gasteiger partial charge on any atom is 0.262 e. The van der Waals surface area contributed by atoms with Gasteiger partial charge in [-0.1, -0.05) is 36.8 Å². The van der Waals surface area contributed by atoms with E-state index in [1.165, 1.54) is 6.42 Å². The molecule has 1 aliphatic heterocycles. The van der Waals surface area contributed by atoms with E-state index in [9.17, 15) is 14.4 Å². The van der Waals surface area contributed by atoms with Gasteiger partial charge in [-0.3, -0.25) is 19.3 Å². The molecule has 0 radical (unpaired) electrons. The molecular weight excluding hydrogens is 444 g/mol. The third-order valence-corrected chi connectivity index (χ3v) is 6.91. The van der Waals surface area contributed by atoms with Crippen molar-refractivity contribution in [2.24, 2.45) is 5.73 Å². The second-order valence-corrected chi connectivity index (χ2v) is 9.20. The van der Waals surface area contributed by atoms with Crippen molar-refractivity contribution in [2.75, 3.05) is 7.11 Å². The highest BCUT2D eigenvalue weighted by atomic mass is 16.5. The molecule has 0 saturated heterocycles. The molecular formula is C28H28N2O5. The van der Waals surface area contributed by atoms with Crippen LogP contribution in [0.2, 0.25) is 0 Å². The number of nitrogens with two attached hydrogens (primary N) is 1. The Kier molecular flexibility index (Phi) is 6.16. The lowest BCUT2D eigenvalue weighted by molar-refractivity contribution is -0.118. The highest BCUT2D eigenvalue weighted by Crippen LogP contribution is 2.39. The number of benzene rings is 3. The SMILES string of the molecule is COc1cc(C(CC(N)=O)N2C(=O)c3cc4ccccc4cc3C2=O)ccc1OC1CCCCC1. The molecule has 7 nitrogen and oxygen atoms in total. The lowest BCUT2D eigenvalue weighted by atomic mass is 9.97. The van der Waals surface area contributed by atoms with Crippen LogP contribution in [0.5, 0.6) is 11.5 Å². The summed E-state index contributed by atoms with van der Waals surface area (Å²) in [7, 11) is 1.55. The highest BCUT2D eigenvalue weighted by molar-refractivity contribution is 6.23. The van der Waals surface area contributed by atoms with Gasteiger partial charge in [-0.05, 0) is 66.3 Å². The van der Waals surface area contributed by atoms with Gasteiger partial charge in [-0.15, -0.1) is 0 Å². The molecule has 1 aliphatic carbocycles. The molecule has 1 saturated carbocycles. The van der Waals surface area contributed by atoms with E-state index in [2.05, 4.69) is 0 Å². The Balaban J connectivity index is 1.50. The smallest absolute Gasteiger partial charge is 0.262 e. The van der Waals surface area contributed by atoms with Gasteiger partial charge in [0.2, 0.25) is 5.91 Å². The van der Waals surface area contributed by atoms with E-state index < -0.39 is 23.8 Å². The fourth-order valence-electron chi connectivity index (χ4n) is 5.13. The predicted octanol–water partition coefficient (Wildman–Crippen LogP) is 4.77. The number of rotatable bonds is 7. The average molecular weight is 473 g/mol. The van der Waals surface area contributed by atoms with Gasteiger partial charge < -0.3 is 15.2 Å². The first kappa shape index (κ1) is 22.9. The Morgan fingerprint density at radius 1 is 0.943 bits per heavy atom. The monoisotopic (exact) mass is 472 g/mol. The lowest BCUT2D eigenvalue weighted by Crippen LogP contribution is -2.36. The van der Waals surface area contributed by atoms with E-state index in [-0.39, 0.29) is 12.5 Å². The molecule has 180 valence electrons. The molecule has 1 fully saturated rings. The van der Waals surface area contributed by atoms with Crippen LogP contribution in [0.1, 0.15) is 70.8 Å². The van der Waals surface area contributed by atoms with Crippen molar-refractivity contribution in [3.05, 3.63) is 71.3 Å². The molecule has 3 aromatic rings. The van der Waals surface area contributed by atoms with Crippen LogP contribution < -0.4 is 15.2 Å². The zero-order chi connectivity index (χ0) is 24.5. The summed E-state index contributed by atoms with van der Waals surface area (Å²) in [5.74, 6) is -0.398. The minimum atomic E-state index is -0.861. The van der Waals surface area contributed by atoms with E-state index in [4.69, 9.17) is 15.2 Å². The zero-order valence-corrected chi connectivity index (χ0v) is 19.7. The number of imide groups is 1. The van der Waals surface area contributed by atoms with Gasteiger partial charge in [0.25, 0.3) is 11.8 Å². The number of hydrogen-bond donors (Lipinski definition) is 1. The van der Waals surface area contributed by atoms with Gasteiger partial charge in [-0.25, -0.2) is 0 Å². The molecule has 1 unspecified atom stereocenters. The van der Waals surface area contributed by atoms with E-state index in [0.717, 1.165) is 41.4 Å². The number of hydrogen-bond acceptors (Lipinski definition) is 5. The summed E-state index contributed by atoms with van der Waals surface area (Å²) in [6.07, 6.45) is 5.44.